The Balaban J connectivity index is 1.80. The zero-order valence-corrected chi connectivity index (χ0v) is 17.2. The number of carbonyl (C=O) groups is 1. The average molecular weight is 409 g/mol. The Morgan fingerprint density at radius 2 is 1.90 bits per heavy atom. The summed E-state index contributed by atoms with van der Waals surface area (Å²) in [6, 6.07) is 12.5. The van der Waals surface area contributed by atoms with Gasteiger partial charge in [-0.1, -0.05) is 24.3 Å². The third kappa shape index (κ3) is 5.53. The highest BCUT2D eigenvalue weighted by Gasteiger charge is 2.17. The lowest BCUT2D eigenvalue weighted by atomic mass is 10.0. The predicted molar refractivity (Wildman–Crippen MR) is 112 cm³/mol. The maximum absolute atomic E-state index is 13.4. The van der Waals surface area contributed by atoms with E-state index in [1.165, 1.54) is 18.2 Å². The number of methoxy groups -OCH3 is 1. The number of aromatic nitrogens is 2. The Bertz CT molecular complexity index is 1090. The number of amides is 1. The number of halogens is 1. The van der Waals surface area contributed by atoms with Crippen LogP contribution >= 0.6 is 0 Å². The molecule has 0 aliphatic heterocycles. The van der Waals surface area contributed by atoms with Gasteiger partial charge in [0.25, 0.3) is 5.56 Å². The third-order valence-corrected chi connectivity index (χ3v) is 4.76. The molecule has 2 N–H and O–H groups in total. The highest BCUT2D eigenvalue weighted by molar-refractivity contribution is 5.79. The van der Waals surface area contributed by atoms with Gasteiger partial charge in [0.1, 0.15) is 17.4 Å². The van der Waals surface area contributed by atoms with Gasteiger partial charge in [-0.15, -0.1) is 0 Å². The Hall–Kier alpha value is -3.48. The molecule has 2 aromatic carbocycles. The predicted octanol–water partition coefficient (Wildman–Crippen LogP) is 3.18. The molecule has 1 aromatic heterocycles. The van der Waals surface area contributed by atoms with E-state index in [1.807, 2.05) is 25.1 Å². The summed E-state index contributed by atoms with van der Waals surface area (Å²) < 4.78 is 18.6. The molecule has 0 saturated heterocycles. The molecular formula is C23H24FN3O3. The number of ether oxygens (including phenoxy) is 1. The lowest BCUT2D eigenvalue weighted by molar-refractivity contribution is -0.121. The number of hydrogen-bond acceptors (Lipinski definition) is 4. The van der Waals surface area contributed by atoms with Gasteiger partial charge >= 0.3 is 0 Å². The lowest BCUT2D eigenvalue weighted by Gasteiger charge is -2.19. The third-order valence-electron chi connectivity index (χ3n) is 4.76. The Morgan fingerprint density at radius 1 is 1.17 bits per heavy atom. The van der Waals surface area contributed by atoms with E-state index in [9.17, 15) is 14.0 Å². The van der Waals surface area contributed by atoms with E-state index < -0.39 is 6.04 Å². The molecule has 0 unspecified atom stereocenters. The smallest absolute Gasteiger partial charge is 0.251 e. The molecule has 1 amide bonds. The molecule has 6 nitrogen and oxygen atoms in total. The number of carbonyl (C=O) groups excluding carboxylic acids is 1. The quantitative estimate of drug-likeness (QED) is 0.628. The first-order chi connectivity index (χ1) is 14.3. The zero-order valence-electron chi connectivity index (χ0n) is 17.2. The van der Waals surface area contributed by atoms with Gasteiger partial charge in [0, 0.05) is 12.5 Å². The van der Waals surface area contributed by atoms with Crippen LogP contribution in [0.4, 0.5) is 4.39 Å². The molecular weight excluding hydrogens is 385 g/mol. The Labute approximate surface area is 174 Å². The number of benzene rings is 2. The number of nitrogens with zero attached hydrogens (tertiary/aromatic N) is 1. The van der Waals surface area contributed by atoms with Crippen LogP contribution in [-0.2, 0) is 17.6 Å². The van der Waals surface area contributed by atoms with Crippen molar-refractivity contribution in [1.29, 1.82) is 0 Å². The molecule has 7 heteroatoms. The van der Waals surface area contributed by atoms with Gasteiger partial charge < -0.3 is 15.0 Å². The highest BCUT2D eigenvalue weighted by Crippen LogP contribution is 2.21. The largest absolute Gasteiger partial charge is 0.496 e. The monoisotopic (exact) mass is 409 g/mol. The molecule has 0 bridgehead atoms. The van der Waals surface area contributed by atoms with Crippen molar-refractivity contribution in [2.24, 2.45) is 0 Å². The summed E-state index contributed by atoms with van der Waals surface area (Å²) in [6.45, 7) is 3.62. The summed E-state index contributed by atoms with van der Waals surface area (Å²) in [5, 5.41) is 2.99. The summed E-state index contributed by atoms with van der Waals surface area (Å²) in [7, 11) is 1.60. The number of nitrogens with one attached hydrogen (secondary N) is 2. The van der Waals surface area contributed by atoms with Crippen molar-refractivity contribution in [3.05, 3.63) is 92.9 Å². The molecule has 0 fully saturated rings. The standard InChI is InChI=1S/C23H24FN3O3/c1-14-10-16(4-9-21(14)30-3)11-22(28)27-20(17-5-7-18(24)8-6-17)12-19-13-23(29)26-15(2)25-19/h4-10,13,20H,11-12H2,1-3H3,(H,27,28)(H,25,26,29)/t20-/m1/s1. The van der Waals surface area contributed by atoms with Crippen molar-refractivity contribution in [3.63, 3.8) is 0 Å². The van der Waals surface area contributed by atoms with Crippen molar-refractivity contribution in [3.8, 4) is 5.75 Å². The SMILES string of the molecule is COc1ccc(CC(=O)N[C@H](Cc2cc(=O)[nH]c(C)n2)c2ccc(F)cc2)cc1C. The topological polar surface area (TPSA) is 84.1 Å². The highest BCUT2D eigenvalue weighted by atomic mass is 19.1. The van der Waals surface area contributed by atoms with Gasteiger partial charge in [0.15, 0.2) is 0 Å². The van der Waals surface area contributed by atoms with Crippen LogP contribution in [0.5, 0.6) is 5.75 Å². The van der Waals surface area contributed by atoms with Crippen LogP contribution in [0.25, 0.3) is 0 Å². The van der Waals surface area contributed by atoms with Crippen molar-refractivity contribution in [2.75, 3.05) is 7.11 Å². The average Bonchev–Trinajstić information content (AvgIpc) is 2.67. The minimum Gasteiger partial charge on any atom is -0.496 e. The molecule has 0 aliphatic rings. The normalized spacial score (nSPS) is 11.7. The van der Waals surface area contributed by atoms with Crippen molar-refractivity contribution in [1.82, 2.24) is 15.3 Å². The van der Waals surface area contributed by atoms with Crippen LogP contribution in [0.3, 0.4) is 0 Å². The van der Waals surface area contributed by atoms with E-state index in [0.717, 1.165) is 22.4 Å². The van der Waals surface area contributed by atoms with Crippen LogP contribution in [0, 0.1) is 19.7 Å². The van der Waals surface area contributed by atoms with Crippen LogP contribution in [0.1, 0.15) is 34.3 Å². The van der Waals surface area contributed by atoms with Gasteiger partial charge in [0.2, 0.25) is 5.91 Å². The molecule has 3 rings (SSSR count). The van der Waals surface area contributed by atoms with E-state index in [4.69, 9.17) is 4.74 Å². The van der Waals surface area contributed by atoms with Gasteiger partial charge in [-0.25, -0.2) is 9.37 Å². The second kappa shape index (κ2) is 9.35. The fourth-order valence-corrected chi connectivity index (χ4v) is 3.38. The van der Waals surface area contributed by atoms with E-state index in [2.05, 4.69) is 15.3 Å². The van der Waals surface area contributed by atoms with Crippen molar-refractivity contribution < 1.29 is 13.9 Å². The van der Waals surface area contributed by atoms with Gasteiger partial charge in [-0.2, -0.15) is 0 Å². The maximum atomic E-state index is 13.4. The molecule has 1 atom stereocenters. The van der Waals surface area contributed by atoms with E-state index in [1.54, 1.807) is 26.2 Å². The Kier molecular flexibility index (Phi) is 6.61. The van der Waals surface area contributed by atoms with E-state index in [0.29, 0.717) is 17.9 Å². The first-order valence-corrected chi connectivity index (χ1v) is 9.59. The minimum atomic E-state index is -0.453. The molecule has 1 heterocycles. The fourth-order valence-electron chi connectivity index (χ4n) is 3.38. The van der Waals surface area contributed by atoms with Gasteiger partial charge in [-0.05, 0) is 48.7 Å². The van der Waals surface area contributed by atoms with Crippen LogP contribution in [-0.4, -0.2) is 23.0 Å². The summed E-state index contributed by atoms with van der Waals surface area (Å²) in [6.07, 6.45) is 0.494. The number of H-pyrrole nitrogens is 1. The first-order valence-electron chi connectivity index (χ1n) is 9.59. The van der Waals surface area contributed by atoms with Gasteiger partial charge in [0.05, 0.1) is 25.3 Å². The molecule has 0 spiro atoms. The van der Waals surface area contributed by atoms with Crippen LogP contribution < -0.4 is 15.6 Å². The van der Waals surface area contributed by atoms with Crippen LogP contribution in [0.15, 0.2) is 53.3 Å². The molecule has 3 aromatic rings. The summed E-state index contributed by atoms with van der Waals surface area (Å²) >= 11 is 0. The molecule has 0 radical (unpaired) electrons. The van der Waals surface area contributed by atoms with Crippen molar-refractivity contribution in [2.45, 2.75) is 32.7 Å². The number of aromatic amines is 1. The molecule has 0 aliphatic carbocycles. The number of rotatable bonds is 7. The molecule has 156 valence electrons. The van der Waals surface area contributed by atoms with E-state index in [-0.39, 0.29) is 23.7 Å². The maximum Gasteiger partial charge on any atom is 0.251 e. The summed E-state index contributed by atoms with van der Waals surface area (Å²) in [4.78, 5) is 31.5. The number of aryl methyl sites for hydroxylation is 2. The van der Waals surface area contributed by atoms with Gasteiger partial charge in [-0.3, -0.25) is 9.59 Å². The Morgan fingerprint density at radius 3 is 2.53 bits per heavy atom. The second-order valence-corrected chi connectivity index (χ2v) is 7.18. The number of hydrogen-bond donors (Lipinski definition) is 2. The molecule has 0 saturated carbocycles. The summed E-state index contributed by atoms with van der Waals surface area (Å²) in [5.74, 6) is 0.715. The fraction of sp³-hybridized carbons (Fsp3) is 0.261. The molecule has 30 heavy (non-hydrogen) atoms. The summed E-state index contributed by atoms with van der Waals surface area (Å²) in [5.41, 5.74) is 2.83. The lowest BCUT2D eigenvalue weighted by Crippen LogP contribution is -2.31. The zero-order chi connectivity index (χ0) is 21.7. The van der Waals surface area contributed by atoms with Crippen molar-refractivity contribution >= 4 is 5.91 Å². The second-order valence-electron chi connectivity index (χ2n) is 7.18. The van der Waals surface area contributed by atoms with E-state index >= 15 is 0 Å². The van der Waals surface area contributed by atoms with Crippen LogP contribution in [0.2, 0.25) is 0 Å². The first kappa shape index (κ1) is 21.2. The minimum absolute atomic E-state index is 0.185.